The van der Waals surface area contributed by atoms with Gasteiger partial charge in [-0.25, -0.2) is 0 Å². The highest BCUT2D eigenvalue weighted by atomic mass is 16.3. The van der Waals surface area contributed by atoms with E-state index in [9.17, 15) is 15.0 Å². The quantitative estimate of drug-likeness (QED) is 0.724. The van der Waals surface area contributed by atoms with E-state index in [-0.39, 0.29) is 17.2 Å². The highest BCUT2D eigenvalue weighted by Crippen LogP contribution is 2.41. The van der Waals surface area contributed by atoms with Gasteiger partial charge in [-0.05, 0) is 24.6 Å². The molecule has 0 aliphatic rings. The summed E-state index contributed by atoms with van der Waals surface area (Å²) in [5.41, 5.74) is 1.36. The Morgan fingerprint density at radius 2 is 1.86 bits per heavy atom. The zero-order valence-electron chi connectivity index (χ0n) is 12.0. The van der Waals surface area contributed by atoms with E-state index in [0.29, 0.717) is 18.0 Å². The highest BCUT2D eigenvalue weighted by Gasteiger charge is 2.27. The first-order chi connectivity index (χ1) is 10.6. The molecule has 0 saturated heterocycles. The summed E-state index contributed by atoms with van der Waals surface area (Å²) in [7, 11) is 0. The Morgan fingerprint density at radius 1 is 1.14 bits per heavy atom. The lowest BCUT2D eigenvalue weighted by atomic mass is 10.1. The molecule has 3 aromatic rings. The second kappa shape index (κ2) is 5.44. The van der Waals surface area contributed by atoms with Gasteiger partial charge in [-0.3, -0.25) is 4.79 Å². The molecule has 0 unspecified atom stereocenters. The molecule has 0 amide bonds. The summed E-state index contributed by atoms with van der Waals surface area (Å²) in [6.45, 7) is 1.65. The van der Waals surface area contributed by atoms with Crippen molar-refractivity contribution in [2.45, 2.75) is 13.5 Å². The summed E-state index contributed by atoms with van der Waals surface area (Å²) < 4.78 is 6.83. The number of ketones is 1. The molecule has 1 aromatic carbocycles. The molecule has 0 aliphatic heterocycles. The van der Waals surface area contributed by atoms with Crippen LogP contribution in [0.25, 0.3) is 11.5 Å². The predicted octanol–water partition coefficient (Wildman–Crippen LogP) is 3.41. The van der Waals surface area contributed by atoms with Crippen molar-refractivity contribution in [3.63, 3.8) is 0 Å². The molecule has 2 heterocycles. The van der Waals surface area contributed by atoms with Crippen LogP contribution in [-0.2, 0) is 6.54 Å². The van der Waals surface area contributed by atoms with Crippen LogP contribution in [-0.4, -0.2) is 20.6 Å². The SMILES string of the molecule is CC(=O)c1c(O)c(O)n(Cc2ccccc2)c1-c1ccco1. The van der Waals surface area contributed by atoms with Crippen molar-refractivity contribution in [2.75, 3.05) is 0 Å². The number of furan rings is 1. The molecule has 5 nitrogen and oxygen atoms in total. The lowest BCUT2D eigenvalue weighted by Crippen LogP contribution is -2.03. The van der Waals surface area contributed by atoms with Gasteiger partial charge in [0.1, 0.15) is 5.69 Å². The number of rotatable bonds is 4. The molecule has 3 rings (SSSR count). The average molecular weight is 297 g/mol. The summed E-state index contributed by atoms with van der Waals surface area (Å²) in [4.78, 5) is 11.9. The smallest absolute Gasteiger partial charge is 0.236 e. The van der Waals surface area contributed by atoms with Gasteiger partial charge >= 0.3 is 0 Å². The maximum atomic E-state index is 11.9. The summed E-state index contributed by atoms with van der Waals surface area (Å²) in [5.74, 6) is -0.696. The molecule has 0 spiro atoms. The number of carbonyl (C=O) groups is 1. The van der Waals surface area contributed by atoms with E-state index < -0.39 is 5.75 Å². The second-order valence-corrected chi connectivity index (χ2v) is 5.00. The third-order valence-corrected chi connectivity index (χ3v) is 3.50. The van der Waals surface area contributed by atoms with E-state index in [1.807, 2.05) is 30.3 Å². The van der Waals surface area contributed by atoms with E-state index in [0.717, 1.165) is 5.56 Å². The number of hydrogen-bond acceptors (Lipinski definition) is 4. The van der Waals surface area contributed by atoms with Gasteiger partial charge in [-0.1, -0.05) is 30.3 Å². The third kappa shape index (κ3) is 2.26. The fourth-order valence-electron chi connectivity index (χ4n) is 2.52. The Bertz CT molecular complexity index is 801. The van der Waals surface area contributed by atoms with Gasteiger partial charge in [0.25, 0.3) is 0 Å². The number of carbonyl (C=O) groups excluding carboxylic acids is 1. The molecule has 0 radical (unpaired) electrons. The van der Waals surface area contributed by atoms with Crippen molar-refractivity contribution >= 4 is 5.78 Å². The first-order valence-corrected chi connectivity index (χ1v) is 6.82. The molecule has 2 aromatic heterocycles. The van der Waals surface area contributed by atoms with E-state index in [4.69, 9.17) is 4.42 Å². The molecule has 112 valence electrons. The number of aromatic nitrogens is 1. The number of hydrogen-bond donors (Lipinski definition) is 2. The van der Waals surface area contributed by atoms with Crippen LogP contribution >= 0.6 is 0 Å². The Hall–Kier alpha value is -2.95. The van der Waals surface area contributed by atoms with Crippen LogP contribution in [0.1, 0.15) is 22.8 Å². The summed E-state index contributed by atoms with van der Waals surface area (Å²) in [6.07, 6.45) is 1.48. The van der Waals surface area contributed by atoms with Gasteiger partial charge in [-0.15, -0.1) is 0 Å². The molecule has 2 N–H and O–H groups in total. The van der Waals surface area contributed by atoms with E-state index in [1.54, 1.807) is 12.1 Å². The van der Waals surface area contributed by atoms with Crippen molar-refractivity contribution in [1.29, 1.82) is 0 Å². The molecule has 0 fully saturated rings. The van der Waals surface area contributed by atoms with Crippen LogP contribution in [0.5, 0.6) is 11.6 Å². The van der Waals surface area contributed by atoms with Crippen molar-refractivity contribution < 1.29 is 19.4 Å². The van der Waals surface area contributed by atoms with Crippen LogP contribution in [0.3, 0.4) is 0 Å². The number of benzene rings is 1. The Morgan fingerprint density at radius 3 is 2.45 bits per heavy atom. The van der Waals surface area contributed by atoms with Crippen molar-refractivity contribution in [2.24, 2.45) is 0 Å². The Balaban J connectivity index is 2.21. The molecule has 0 bridgehead atoms. The maximum Gasteiger partial charge on any atom is 0.236 e. The van der Waals surface area contributed by atoms with E-state index in [2.05, 4.69) is 0 Å². The summed E-state index contributed by atoms with van der Waals surface area (Å²) in [5, 5.41) is 20.3. The molecule has 0 atom stereocenters. The van der Waals surface area contributed by atoms with Gasteiger partial charge in [0.2, 0.25) is 5.88 Å². The molecule has 22 heavy (non-hydrogen) atoms. The number of aromatic hydroxyl groups is 2. The normalized spacial score (nSPS) is 10.8. The van der Waals surface area contributed by atoms with Gasteiger partial charge < -0.3 is 19.2 Å². The van der Waals surface area contributed by atoms with Crippen LogP contribution in [0, 0.1) is 0 Å². The first-order valence-electron chi connectivity index (χ1n) is 6.82. The average Bonchev–Trinajstić information content (AvgIpc) is 3.10. The first kappa shape index (κ1) is 14.0. The fraction of sp³-hybridized carbons (Fsp3) is 0.118. The predicted molar refractivity (Wildman–Crippen MR) is 81.0 cm³/mol. The standard InChI is InChI=1S/C17H15NO4/c1-11(19)14-15(13-8-5-9-22-13)18(17(21)16(14)20)10-12-6-3-2-4-7-12/h2-9,20-21H,10H2,1H3. The molecular weight excluding hydrogens is 282 g/mol. The monoisotopic (exact) mass is 297 g/mol. The van der Waals surface area contributed by atoms with Crippen LogP contribution in [0.4, 0.5) is 0 Å². The highest BCUT2D eigenvalue weighted by molar-refractivity contribution is 6.03. The summed E-state index contributed by atoms with van der Waals surface area (Å²) in [6, 6.07) is 12.8. The molecule has 5 heteroatoms. The topological polar surface area (TPSA) is 75.6 Å². The molecular formula is C17H15NO4. The minimum Gasteiger partial charge on any atom is -0.503 e. The maximum absolute atomic E-state index is 11.9. The lowest BCUT2D eigenvalue weighted by Gasteiger charge is -2.09. The number of Topliss-reactive ketones (excluding diaryl/α,β-unsaturated/α-hetero) is 1. The van der Waals surface area contributed by atoms with Crippen LogP contribution < -0.4 is 0 Å². The minimum atomic E-state index is -0.421. The van der Waals surface area contributed by atoms with Crippen LogP contribution in [0.15, 0.2) is 53.1 Å². The van der Waals surface area contributed by atoms with Gasteiger partial charge in [0.05, 0.1) is 18.4 Å². The Kier molecular flexibility index (Phi) is 3.47. The third-order valence-electron chi connectivity index (χ3n) is 3.50. The second-order valence-electron chi connectivity index (χ2n) is 5.00. The van der Waals surface area contributed by atoms with Crippen molar-refractivity contribution in [3.8, 4) is 23.1 Å². The lowest BCUT2D eigenvalue weighted by molar-refractivity contribution is 0.101. The van der Waals surface area contributed by atoms with E-state index >= 15 is 0 Å². The van der Waals surface area contributed by atoms with Crippen molar-refractivity contribution in [1.82, 2.24) is 4.57 Å². The zero-order chi connectivity index (χ0) is 15.7. The Labute approximate surface area is 127 Å². The molecule has 0 saturated carbocycles. The minimum absolute atomic E-state index is 0.0587. The van der Waals surface area contributed by atoms with Gasteiger partial charge in [-0.2, -0.15) is 0 Å². The van der Waals surface area contributed by atoms with Gasteiger partial charge in [0.15, 0.2) is 17.3 Å². The zero-order valence-corrected chi connectivity index (χ0v) is 12.0. The summed E-state index contributed by atoms with van der Waals surface area (Å²) >= 11 is 0. The van der Waals surface area contributed by atoms with Crippen LogP contribution in [0.2, 0.25) is 0 Å². The van der Waals surface area contributed by atoms with E-state index in [1.165, 1.54) is 17.8 Å². The molecule has 0 aliphatic carbocycles. The fourth-order valence-corrected chi connectivity index (χ4v) is 2.52. The van der Waals surface area contributed by atoms with Crippen molar-refractivity contribution in [3.05, 3.63) is 59.9 Å². The largest absolute Gasteiger partial charge is 0.503 e. The number of nitrogens with zero attached hydrogens (tertiary/aromatic N) is 1. The van der Waals surface area contributed by atoms with Gasteiger partial charge in [0, 0.05) is 0 Å².